The summed E-state index contributed by atoms with van der Waals surface area (Å²) in [4.78, 5) is 16.9. The van der Waals surface area contributed by atoms with Crippen LogP contribution in [0.15, 0.2) is 48.7 Å². The molecule has 33 heavy (non-hydrogen) atoms. The van der Waals surface area contributed by atoms with Gasteiger partial charge in [-0.2, -0.15) is 0 Å². The Balaban J connectivity index is 1.62. The number of carbonyl (C=O) groups excluding carboxylic acids is 1. The number of amides is 1. The van der Waals surface area contributed by atoms with Crippen LogP contribution in [0.1, 0.15) is 48.7 Å². The average molecular weight is 491 g/mol. The molecule has 0 bridgehead atoms. The van der Waals surface area contributed by atoms with Crippen molar-refractivity contribution in [2.24, 2.45) is 0 Å². The minimum absolute atomic E-state index is 0.106. The van der Waals surface area contributed by atoms with Crippen molar-refractivity contribution in [3.05, 3.63) is 70.4 Å². The predicted octanol–water partition coefficient (Wildman–Crippen LogP) is 5.68. The molecule has 0 radical (unpaired) electrons. The molecular weight excluding hydrogens is 463 g/mol. The average Bonchev–Trinajstić information content (AvgIpc) is 2.75. The van der Waals surface area contributed by atoms with Gasteiger partial charge in [-0.25, -0.2) is 0 Å². The number of benzene rings is 2. The van der Waals surface area contributed by atoms with Crippen LogP contribution in [0.2, 0.25) is 5.02 Å². The largest absolute Gasteiger partial charge is 0.506 e. The van der Waals surface area contributed by atoms with E-state index in [1.54, 1.807) is 18.2 Å². The van der Waals surface area contributed by atoms with E-state index in [0.29, 0.717) is 41.9 Å². The monoisotopic (exact) mass is 490 g/mol. The normalized spacial score (nSPS) is 12.6. The number of nitrogens with one attached hydrogen (secondary N) is 1. The summed E-state index contributed by atoms with van der Waals surface area (Å²) in [5.41, 5.74) is 2.01. The van der Waals surface area contributed by atoms with Gasteiger partial charge in [0.1, 0.15) is 11.3 Å². The zero-order chi connectivity index (χ0) is 24.0. The van der Waals surface area contributed by atoms with Crippen LogP contribution >= 0.6 is 19.9 Å². The summed E-state index contributed by atoms with van der Waals surface area (Å²) in [5, 5.41) is 14.6. The number of nitrogens with zero attached hydrogens (tertiary/aromatic N) is 1. The van der Waals surface area contributed by atoms with Crippen LogP contribution < -0.4 is 5.32 Å². The first-order valence-electron chi connectivity index (χ1n) is 10.6. The summed E-state index contributed by atoms with van der Waals surface area (Å²) < 4.78 is 22.4. The predicted molar refractivity (Wildman–Crippen MR) is 130 cm³/mol. The lowest BCUT2D eigenvalue weighted by Gasteiger charge is -2.18. The van der Waals surface area contributed by atoms with Crippen molar-refractivity contribution in [2.75, 3.05) is 6.61 Å². The van der Waals surface area contributed by atoms with Crippen molar-refractivity contribution in [3.8, 4) is 5.75 Å². The van der Waals surface area contributed by atoms with Crippen molar-refractivity contribution < 1.29 is 23.5 Å². The van der Waals surface area contributed by atoms with E-state index in [0.717, 1.165) is 11.1 Å². The highest BCUT2D eigenvalue weighted by Gasteiger charge is 2.16. The molecule has 0 saturated heterocycles. The molecular formula is C24H28ClN2O5P. The van der Waals surface area contributed by atoms with Gasteiger partial charge in [-0.3, -0.25) is 14.3 Å². The number of fused-ring (bicyclic) bond motifs is 1. The second kappa shape index (κ2) is 11.1. The molecule has 0 spiro atoms. The van der Waals surface area contributed by atoms with Crippen LogP contribution in [-0.2, 0) is 26.6 Å². The van der Waals surface area contributed by atoms with Crippen LogP contribution in [0.5, 0.6) is 5.75 Å². The Hall–Kier alpha value is -2.44. The highest BCUT2D eigenvalue weighted by Crippen LogP contribution is 2.31. The number of aryl methyl sites for hydroxylation is 1. The smallest absolute Gasteiger partial charge is 0.319 e. The minimum atomic E-state index is -2.54. The van der Waals surface area contributed by atoms with E-state index in [9.17, 15) is 14.5 Å². The van der Waals surface area contributed by atoms with Crippen molar-refractivity contribution in [3.63, 3.8) is 0 Å². The fourth-order valence-electron chi connectivity index (χ4n) is 3.14. The minimum Gasteiger partial charge on any atom is -0.506 e. The summed E-state index contributed by atoms with van der Waals surface area (Å²) in [5.74, 6) is -0.532. The number of aromatic hydroxyl groups is 1. The summed E-state index contributed by atoms with van der Waals surface area (Å²) in [7, 11) is -2.54. The molecule has 0 fully saturated rings. The highest BCUT2D eigenvalue weighted by molar-refractivity contribution is 7.33. The molecule has 0 saturated carbocycles. The van der Waals surface area contributed by atoms with Gasteiger partial charge >= 0.3 is 8.25 Å². The van der Waals surface area contributed by atoms with E-state index < -0.39 is 19.8 Å². The Kier molecular flexibility index (Phi) is 8.49. The standard InChI is InChI=1S/C24H28ClN2O5P/c1-24(2,3)32-33(30)31-12-4-5-16-8-11-21-19(13-16)22(28)20(15-26-21)23(29)27-14-17-6-9-18(25)10-7-17/h6-11,13,15,33H,4-5,12,14H2,1-3H3,(H,26,28)(H,27,29). The molecule has 1 heterocycles. The van der Waals surface area contributed by atoms with Gasteiger partial charge in [-0.15, -0.1) is 0 Å². The van der Waals surface area contributed by atoms with Gasteiger partial charge < -0.3 is 19.5 Å². The summed E-state index contributed by atoms with van der Waals surface area (Å²) >= 11 is 5.88. The lowest BCUT2D eigenvalue weighted by Crippen LogP contribution is -2.23. The maximum Gasteiger partial charge on any atom is 0.319 e. The first-order valence-corrected chi connectivity index (χ1v) is 12.2. The second-order valence-electron chi connectivity index (χ2n) is 8.60. The van der Waals surface area contributed by atoms with Crippen LogP contribution in [0.25, 0.3) is 10.9 Å². The molecule has 0 aliphatic carbocycles. The summed E-state index contributed by atoms with van der Waals surface area (Å²) in [6.45, 7) is 6.06. The fourth-order valence-corrected chi connectivity index (χ4v) is 4.13. The van der Waals surface area contributed by atoms with Gasteiger partial charge in [0.15, 0.2) is 0 Å². The third kappa shape index (κ3) is 7.54. The number of hydrogen-bond acceptors (Lipinski definition) is 6. The van der Waals surface area contributed by atoms with Crippen LogP contribution in [0.4, 0.5) is 0 Å². The number of halogens is 1. The Morgan fingerprint density at radius 1 is 1.15 bits per heavy atom. The van der Waals surface area contributed by atoms with E-state index in [1.807, 2.05) is 45.0 Å². The van der Waals surface area contributed by atoms with Gasteiger partial charge in [0.2, 0.25) is 0 Å². The molecule has 3 aromatic rings. The van der Waals surface area contributed by atoms with Gasteiger partial charge in [-0.05, 0) is 69.0 Å². The maximum absolute atomic E-state index is 12.6. The van der Waals surface area contributed by atoms with Crippen molar-refractivity contribution in [1.82, 2.24) is 10.3 Å². The highest BCUT2D eigenvalue weighted by atomic mass is 35.5. The van der Waals surface area contributed by atoms with E-state index in [2.05, 4.69) is 10.3 Å². The van der Waals surface area contributed by atoms with E-state index in [-0.39, 0.29) is 11.3 Å². The molecule has 1 unspecified atom stereocenters. The van der Waals surface area contributed by atoms with Crippen LogP contribution in [0, 0.1) is 0 Å². The lowest BCUT2D eigenvalue weighted by molar-refractivity contribution is 0.0947. The Morgan fingerprint density at radius 3 is 2.55 bits per heavy atom. The molecule has 0 aliphatic heterocycles. The molecule has 1 atom stereocenters. The summed E-state index contributed by atoms with van der Waals surface area (Å²) in [6.07, 6.45) is 2.65. The van der Waals surface area contributed by atoms with E-state index >= 15 is 0 Å². The molecule has 1 aromatic heterocycles. The SMILES string of the molecule is CC(C)(C)O[PH](=O)OCCCc1ccc2ncc(C(=O)NCc3ccc(Cl)cc3)c(O)c2c1. The molecule has 9 heteroatoms. The third-order valence-corrected chi connectivity index (χ3v) is 6.20. The molecule has 176 valence electrons. The first kappa shape index (κ1) is 25.2. The Bertz CT molecular complexity index is 1150. The zero-order valence-corrected chi connectivity index (χ0v) is 20.6. The first-order chi connectivity index (χ1) is 15.6. The molecule has 2 aromatic carbocycles. The molecule has 0 aliphatic rings. The van der Waals surface area contributed by atoms with Crippen molar-refractivity contribution in [1.29, 1.82) is 0 Å². The van der Waals surface area contributed by atoms with Gasteiger partial charge in [0.25, 0.3) is 5.91 Å². The number of carbonyl (C=O) groups is 1. The molecule has 3 rings (SSSR count). The maximum atomic E-state index is 12.6. The topological polar surface area (TPSA) is 97.8 Å². The summed E-state index contributed by atoms with van der Waals surface area (Å²) in [6, 6.07) is 12.7. The van der Waals surface area contributed by atoms with E-state index in [1.165, 1.54) is 6.20 Å². The van der Waals surface area contributed by atoms with Gasteiger partial charge in [-0.1, -0.05) is 29.8 Å². The Morgan fingerprint density at radius 2 is 1.85 bits per heavy atom. The molecule has 1 amide bonds. The van der Waals surface area contributed by atoms with Crippen molar-refractivity contribution in [2.45, 2.75) is 45.8 Å². The Labute approximate surface area is 199 Å². The van der Waals surface area contributed by atoms with E-state index in [4.69, 9.17) is 20.6 Å². The second-order valence-corrected chi connectivity index (χ2v) is 10.0. The number of hydrogen-bond donors (Lipinski definition) is 2. The van der Waals surface area contributed by atoms with Crippen molar-refractivity contribution >= 4 is 36.7 Å². The molecule has 2 N–H and O–H groups in total. The number of aromatic nitrogens is 1. The van der Waals surface area contributed by atoms with Gasteiger partial charge in [0, 0.05) is 23.2 Å². The van der Waals surface area contributed by atoms with Crippen LogP contribution in [0.3, 0.4) is 0 Å². The fraction of sp³-hybridized carbons (Fsp3) is 0.333. The number of pyridine rings is 1. The third-order valence-electron chi connectivity index (χ3n) is 4.73. The zero-order valence-electron chi connectivity index (χ0n) is 18.9. The molecule has 7 nitrogen and oxygen atoms in total. The number of rotatable bonds is 9. The quantitative estimate of drug-likeness (QED) is 0.296. The van der Waals surface area contributed by atoms with Crippen LogP contribution in [-0.4, -0.2) is 28.2 Å². The lowest BCUT2D eigenvalue weighted by atomic mass is 10.0. The van der Waals surface area contributed by atoms with Gasteiger partial charge in [0.05, 0.1) is 17.7 Å².